The van der Waals surface area contributed by atoms with Crippen molar-refractivity contribution in [2.75, 3.05) is 13.1 Å². The van der Waals surface area contributed by atoms with E-state index >= 15 is 0 Å². The number of nitrogens with zero attached hydrogens (tertiary/aromatic N) is 3. The molecule has 3 heterocycles. The van der Waals surface area contributed by atoms with Crippen molar-refractivity contribution >= 4 is 11.3 Å². The quantitative estimate of drug-likeness (QED) is 0.859. The zero-order valence-corrected chi connectivity index (χ0v) is 9.54. The van der Waals surface area contributed by atoms with Crippen molar-refractivity contribution in [3.05, 3.63) is 16.8 Å². The first-order chi connectivity index (χ1) is 7.93. The highest BCUT2D eigenvalue weighted by Gasteiger charge is 2.21. The van der Waals surface area contributed by atoms with E-state index in [2.05, 4.69) is 20.4 Å². The molecule has 0 radical (unpaired) electrons. The number of aromatic nitrogens is 3. The third kappa shape index (κ3) is 1.85. The van der Waals surface area contributed by atoms with Crippen LogP contribution >= 0.6 is 11.3 Å². The molecule has 5 nitrogen and oxygen atoms in total. The van der Waals surface area contributed by atoms with E-state index in [4.69, 9.17) is 4.52 Å². The van der Waals surface area contributed by atoms with Gasteiger partial charge >= 0.3 is 0 Å². The molecule has 0 unspecified atom stereocenters. The summed E-state index contributed by atoms with van der Waals surface area (Å²) in [5.41, 5.74) is 2.57. The average molecular weight is 236 g/mol. The van der Waals surface area contributed by atoms with Crippen molar-refractivity contribution in [3.8, 4) is 11.5 Å². The fourth-order valence-electron chi connectivity index (χ4n) is 1.89. The average Bonchev–Trinajstić information content (AvgIpc) is 3.01. The Morgan fingerprint density at radius 1 is 1.50 bits per heavy atom. The lowest BCUT2D eigenvalue weighted by Crippen LogP contribution is -2.28. The second kappa shape index (κ2) is 4.31. The Morgan fingerprint density at radius 2 is 2.50 bits per heavy atom. The molecule has 0 aliphatic carbocycles. The number of hydrogen-bond donors (Lipinski definition) is 1. The lowest BCUT2D eigenvalue weighted by atomic mass is 10.00. The Bertz CT molecular complexity index is 447. The fraction of sp³-hybridized carbons (Fsp3) is 0.500. The molecule has 1 aliphatic rings. The van der Waals surface area contributed by atoms with Crippen LogP contribution in [0.15, 0.2) is 15.4 Å². The summed E-state index contributed by atoms with van der Waals surface area (Å²) < 4.78 is 5.29. The molecule has 6 heteroatoms. The molecule has 3 rings (SSSR count). The molecule has 0 amide bonds. The van der Waals surface area contributed by atoms with E-state index in [0.717, 1.165) is 31.1 Å². The van der Waals surface area contributed by atoms with Crippen LogP contribution < -0.4 is 5.32 Å². The minimum Gasteiger partial charge on any atom is -0.339 e. The maximum atomic E-state index is 5.29. The van der Waals surface area contributed by atoms with Gasteiger partial charge in [-0.05, 0) is 19.4 Å². The van der Waals surface area contributed by atoms with Gasteiger partial charge in [-0.2, -0.15) is 4.98 Å². The molecule has 1 atom stereocenters. The minimum atomic E-state index is 0.355. The third-order valence-corrected chi connectivity index (χ3v) is 3.34. The van der Waals surface area contributed by atoms with Gasteiger partial charge in [0.15, 0.2) is 0 Å². The van der Waals surface area contributed by atoms with Gasteiger partial charge in [0.05, 0.1) is 11.4 Å². The number of nitrogens with one attached hydrogen (secondary N) is 1. The normalized spacial score (nSPS) is 21.1. The van der Waals surface area contributed by atoms with Crippen LogP contribution in [-0.2, 0) is 0 Å². The molecule has 0 spiro atoms. The van der Waals surface area contributed by atoms with E-state index < -0.39 is 0 Å². The number of thiazole rings is 1. The van der Waals surface area contributed by atoms with Gasteiger partial charge in [-0.25, -0.2) is 4.98 Å². The smallest absolute Gasteiger partial charge is 0.231 e. The first kappa shape index (κ1) is 9.92. The van der Waals surface area contributed by atoms with E-state index in [9.17, 15) is 0 Å². The van der Waals surface area contributed by atoms with Crippen LogP contribution in [0.1, 0.15) is 24.7 Å². The Labute approximate surface area is 96.9 Å². The van der Waals surface area contributed by atoms with Crippen molar-refractivity contribution in [3.63, 3.8) is 0 Å². The Kier molecular flexibility index (Phi) is 2.67. The summed E-state index contributed by atoms with van der Waals surface area (Å²) in [6.07, 6.45) is 2.28. The number of piperidine rings is 1. The van der Waals surface area contributed by atoms with Crippen molar-refractivity contribution in [1.82, 2.24) is 20.4 Å². The zero-order valence-electron chi connectivity index (χ0n) is 8.72. The minimum absolute atomic E-state index is 0.355. The summed E-state index contributed by atoms with van der Waals surface area (Å²) in [6, 6.07) is 0. The monoisotopic (exact) mass is 236 g/mol. The lowest BCUT2D eigenvalue weighted by Gasteiger charge is -2.18. The highest BCUT2D eigenvalue weighted by molar-refractivity contribution is 7.07. The number of rotatable bonds is 2. The highest BCUT2D eigenvalue weighted by Crippen LogP contribution is 2.24. The first-order valence-corrected chi connectivity index (χ1v) is 6.30. The summed E-state index contributed by atoms with van der Waals surface area (Å²) in [5.74, 6) is 1.69. The van der Waals surface area contributed by atoms with Crippen LogP contribution in [0.4, 0.5) is 0 Å². The van der Waals surface area contributed by atoms with Crippen LogP contribution in [0.25, 0.3) is 11.5 Å². The Morgan fingerprint density at radius 3 is 3.25 bits per heavy atom. The molecule has 0 bridgehead atoms. The highest BCUT2D eigenvalue weighted by atomic mass is 32.1. The molecule has 0 aromatic carbocycles. The third-order valence-electron chi connectivity index (χ3n) is 2.75. The van der Waals surface area contributed by atoms with Gasteiger partial charge in [0.25, 0.3) is 0 Å². The first-order valence-electron chi connectivity index (χ1n) is 5.36. The maximum Gasteiger partial charge on any atom is 0.231 e. The standard InChI is InChI=1S/C10H12N4OS/c1-2-7(4-11-3-1)10-13-9(14-15-10)8-5-16-6-12-8/h5-7,11H,1-4H2/t7-/m0/s1. The molecule has 0 saturated carbocycles. The van der Waals surface area contributed by atoms with E-state index in [1.54, 1.807) is 5.51 Å². The summed E-state index contributed by atoms with van der Waals surface area (Å²) in [4.78, 5) is 8.57. The molecular weight excluding hydrogens is 224 g/mol. The van der Waals surface area contributed by atoms with Gasteiger partial charge in [0, 0.05) is 11.9 Å². The lowest BCUT2D eigenvalue weighted by molar-refractivity contribution is 0.322. The molecule has 2 aromatic heterocycles. The van der Waals surface area contributed by atoms with Crippen molar-refractivity contribution in [2.24, 2.45) is 0 Å². The van der Waals surface area contributed by atoms with Gasteiger partial charge in [-0.15, -0.1) is 11.3 Å². The molecule has 1 fully saturated rings. The molecule has 16 heavy (non-hydrogen) atoms. The largest absolute Gasteiger partial charge is 0.339 e. The molecule has 1 saturated heterocycles. The maximum absolute atomic E-state index is 5.29. The van der Waals surface area contributed by atoms with Crippen LogP contribution in [-0.4, -0.2) is 28.2 Å². The Hall–Kier alpha value is -1.27. The topological polar surface area (TPSA) is 63.8 Å². The fourth-order valence-corrected chi connectivity index (χ4v) is 2.42. The molecule has 1 aliphatic heterocycles. The van der Waals surface area contributed by atoms with Crippen LogP contribution in [0.3, 0.4) is 0 Å². The van der Waals surface area contributed by atoms with E-state index in [1.165, 1.54) is 17.8 Å². The Balaban J connectivity index is 1.82. The van der Waals surface area contributed by atoms with Crippen molar-refractivity contribution in [2.45, 2.75) is 18.8 Å². The van der Waals surface area contributed by atoms with Crippen molar-refractivity contribution in [1.29, 1.82) is 0 Å². The van der Waals surface area contributed by atoms with Crippen LogP contribution in [0.5, 0.6) is 0 Å². The van der Waals surface area contributed by atoms with E-state index in [-0.39, 0.29) is 0 Å². The van der Waals surface area contributed by atoms with Gasteiger partial charge in [-0.1, -0.05) is 5.16 Å². The molecule has 1 N–H and O–H groups in total. The molecule has 84 valence electrons. The summed E-state index contributed by atoms with van der Waals surface area (Å²) in [6.45, 7) is 2.02. The van der Waals surface area contributed by atoms with Gasteiger partial charge in [-0.3, -0.25) is 0 Å². The van der Waals surface area contributed by atoms with E-state index in [1.807, 2.05) is 5.38 Å². The second-order valence-corrected chi connectivity index (χ2v) is 4.59. The summed E-state index contributed by atoms with van der Waals surface area (Å²) >= 11 is 1.53. The number of hydrogen-bond acceptors (Lipinski definition) is 6. The molecule has 2 aromatic rings. The van der Waals surface area contributed by atoms with Crippen LogP contribution in [0.2, 0.25) is 0 Å². The predicted molar refractivity (Wildman–Crippen MR) is 60.3 cm³/mol. The zero-order chi connectivity index (χ0) is 10.8. The molecular formula is C10H12N4OS. The van der Waals surface area contributed by atoms with Gasteiger partial charge < -0.3 is 9.84 Å². The predicted octanol–water partition coefficient (Wildman–Crippen LogP) is 1.66. The SMILES string of the molecule is c1nc(-c2noc([C@H]3CCCNC3)n2)cs1. The summed E-state index contributed by atoms with van der Waals surface area (Å²) in [5, 5.41) is 9.22. The van der Waals surface area contributed by atoms with Crippen molar-refractivity contribution < 1.29 is 4.52 Å². The summed E-state index contributed by atoms with van der Waals surface area (Å²) in [7, 11) is 0. The van der Waals surface area contributed by atoms with E-state index in [0.29, 0.717) is 11.7 Å². The van der Waals surface area contributed by atoms with Crippen LogP contribution in [0, 0.1) is 0 Å². The second-order valence-electron chi connectivity index (χ2n) is 3.87. The van der Waals surface area contributed by atoms with Gasteiger partial charge in [0.2, 0.25) is 11.7 Å². The van der Waals surface area contributed by atoms with Gasteiger partial charge in [0.1, 0.15) is 5.69 Å².